The van der Waals surface area contributed by atoms with E-state index in [1.807, 2.05) is 6.07 Å². The molecule has 0 spiro atoms. The van der Waals surface area contributed by atoms with Gasteiger partial charge in [-0.25, -0.2) is 4.98 Å². The maximum absolute atomic E-state index is 5.99. The van der Waals surface area contributed by atoms with Crippen LogP contribution in [0.2, 0.25) is 0 Å². The first-order valence-corrected chi connectivity index (χ1v) is 7.04. The second-order valence-corrected chi connectivity index (χ2v) is 5.49. The fraction of sp³-hybridized carbons (Fsp3) is 0.533. The van der Waals surface area contributed by atoms with Crippen molar-refractivity contribution < 1.29 is 4.74 Å². The number of aryl methyl sites for hydroxylation is 2. The molecule has 1 aliphatic carbocycles. The van der Waals surface area contributed by atoms with Crippen LogP contribution in [-0.4, -0.2) is 22.8 Å². The molecule has 0 aliphatic heterocycles. The lowest BCUT2D eigenvalue weighted by Crippen LogP contribution is -2.07. The molecule has 1 aromatic heterocycles. The molecular formula is C15H21N3O. The minimum absolute atomic E-state index is 0.600. The van der Waals surface area contributed by atoms with E-state index in [0.717, 1.165) is 43.1 Å². The van der Waals surface area contributed by atoms with Crippen LogP contribution >= 0.6 is 0 Å². The van der Waals surface area contributed by atoms with E-state index in [2.05, 4.69) is 28.6 Å². The van der Waals surface area contributed by atoms with E-state index in [1.165, 1.54) is 18.4 Å². The summed E-state index contributed by atoms with van der Waals surface area (Å²) < 4.78 is 7.74. The number of rotatable bonds is 6. The van der Waals surface area contributed by atoms with Crippen LogP contribution in [0.1, 0.15) is 24.8 Å². The molecule has 2 N–H and O–H groups in total. The number of ether oxygens (including phenoxy) is 1. The summed E-state index contributed by atoms with van der Waals surface area (Å²) in [5.41, 5.74) is 9.32. The van der Waals surface area contributed by atoms with E-state index in [4.69, 9.17) is 10.5 Å². The van der Waals surface area contributed by atoms with Gasteiger partial charge in [0.05, 0.1) is 11.0 Å². The lowest BCUT2D eigenvalue weighted by Gasteiger charge is -2.07. The zero-order valence-electron chi connectivity index (χ0n) is 11.4. The number of nitrogen functional groups attached to an aromatic ring is 1. The highest BCUT2D eigenvalue weighted by atomic mass is 16.5. The van der Waals surface area contributed by atoms with Crippen LogP contribution in [0.4, 0.5) is 5.95 Å². The number of benzene rings is 1. The minimum atomic E-state index is 0.600. The molecule has 3 rings (SSSR count). The molecule has 102 valence electrons. The summed E-state index contributed by atoms with van der Waals surface area (Å²) in [7, 11) is 0. The number of hydrogen-bond donors (Lipinski definition) is 1. The third-order valence-corrected chi connectivity index (χ3v) is 3.65. The van der Waals surface area contributed by atoms with E-state index >= 15 is 0 Å². The summed E-state index contributed by atoms with van der Waals surface area (Å²) >= 11 is 0. The second-order valence-electron chi connectivity index (χ2n) is 5.49. The Labute approximate surface area is 113 Å². The second kappa shape index (κ2) is 5.21. The number of anilines is 1. The molecule has 4 nitrogen and oxygen atoms in total. The van der Waals surface area contributed by atoms with Gasteiger partial charge in [-0.05, 0) is 49.8 Å². The molecule has 1 aromatic carbocycles. The molecule has 0 atom stereocenters. The number of aromatic nitrogens is 2. The Bertz CT molecular complexity index is 572. The summed E-state index contributed by atoms with van der Waals surface area (Å²) in [5, 5.41) is 0. The molecule has 2 aromatic rings. The third kappa shape index (κ3) is 2.89. The predicted molar refractivity (Wildman–Crippen MR) is 77.0 cm³/mol. The third-order valence-electron chi connectivity index (χ3n) is 3.65. The van der Waals surface area contributed by atoms with Crippen LogP contribution in [0.15, 0.2) is 18.2 Å². The first-order valence-electron chi connectivity index (χ1n) is 7.04. The maximum atomic E-state index is 5.99. The molecule has 0 bridgehead atoms. The zero-order chi connectivity index (χ0) is 13.2. The van der Waals surface area contributed by atoms with Gasteiger partial charge < -0.3 is 15.0 Å². The molecule has 1 heterocycles. The van der Waals surface area contributed by atoms with Gasteiger partial charge in [-0.15, -0.1) is 0 Å². The lowest BCUT2D eigenvalue weighted by atomic mass is 10.2. The Morgan fingerprint density at radius 1 is 1.42 bits per heavy atom. The van der Waals surface area contributed by atoms with Gasteiger partial charge in [0, 0.05) is 19.8 Å². The van der Waals surface area contributed by atoms with Crippen LogP contribution in [0.5, 0.6) is 0 Å². The van der Waals surface area contributed by atoms with Crippen molar-refractivity contribution in [1.29, 1.82) is 0 Å². The van der Waals surface area contributed by atoms with Gasteiger partial charge in [0.2, 0.25) is 5.95 Å². The van der Waals surface area contributed by atoms with Crippen LogP contribution < -0.4 is 5.73 Å². The highest BCUT2D eigenvalue weighted by molar-refractivity contribution is 5.79. The van der Waals surface area contributed by atoms with Gasteiger partial charge in [0.15, 0.2) is 0 Å². The number of fused-ring (bicyclic) bond motifs is 1. The molecule has 0 amide bonds. The van der Waals surface area contributed by atoms with Crippen molar-refractivity contribution in [2.45, 2.75) is 32.7 Å². The summed E-state index contributed by atoms with van der Waals surface area (Å²) in [4.78, 5) is 4.39. The summed E-state index contributed by atoms with van der Waals surface area (Å²) in [5.74, 6) is 1.43. The standard InChI is InChI=1S/C15H21N3O/c1-11-3-6-13-14(9-11)18(15(16)17-13)7-2-8-19-10-12-4-5-12/h3,6,9,12H,2,4-5,7-8,10H2,1H3,(H2,16,17). The molecular weight excluding hydrogens is 238 g/mol. The highest BCUT2D eigenvalue weighted by Crippen LogP contribution is 2.28. The first kappa shape index (κ1) is 12.5. The fourth-order valence-corrected chi connectivity index (χ4v) is 2.35. The lowest BCUT2D eigenvalue weighted by molar-refractivity contribution is 0.119. The predicted octanol–water partition coefficient (Wildman–Crippen LogP) is 2.74. The molecule has 4 heteroatoms. The average Bonchev–Trinajstić information content (AvgIpc) is 3.15. The Balaban J connectivity index is 1.62. The van der Waals surface area contributed by atoms with Gasteiger partial charge in [-0.3, -0.25) is 0 Å². The van der Waals surface area contributed by atoms with Crippen molar-refractivity contribution in [2.24, 2.45) is 5.92 Å². The van der Waals surface area contributed by atoms with Crippen molar-refractivity contribution in [3.05, 3.63) is 23.8 Å². The van der Waals surface area contributed by atoms with Crippen LogP contribution in [0.3, 0.4) is 0 Å². The van der Waals surface area contributed by atoms with Gasteiger partial charge in [0.25, 0.3) is 0 Å². The van der Waals surface area contributed by atoms with Gasteiger partial charge in [0.1, 0.15) is 0 Å². The van der Waals surface area contributed by atoms with E-state index in [9.17, 15) is 0 Å². The van der Waals surface area contributed by atoms with Gasteiger partial charge in [-0.1, -0.05) is 6.07 Å². The summed E-state index contributed by atoms with van der Waals surface area (Å²) in [6.07, 6.45) is 3.67. The Hall–Kier alpha value is -1.55. The summed E-state index contributed by atoms with van der Waals surface area (Å²) in [6.45, 7) is 4.70. The quantitative estimate of drug-likeness (QED) is 0.812. The first-order chi connectivity index (χ1) is 9.24. The maximum Gasteiger partial charge on any atom is 0.201 e. The minimum Gasteiger partial charge on any atom is -0.381 e. The van der Waals surface area contributed by atoms with Gasteiger partial charge in [-0.2, -0.15) is 0 Å². The van der Waals surface area contributed by atoms with Crippen LogP contribution in [0, 0.1) is 12.8 Å². The topological polar surface area (TPSA) is 53.1 Å². The van der Waals surface area contributed by atoms with Crippen molar-refractivity contribution >= 4 is 17.0 Å². The van der Waals surface area contributed by atoms with Crippen molar-refractivity contribution in [3.63, 3.8) is 0 Å². The van der Waals surface area contributed by atoms with E-state index in [0.29, 0.717) is 5.95 Å². The molecule has 19 heavy (non-hydrogen) atoms. The van der Waals surface area contributed by atoms with Crippen molar-refractivity contribution in [3.8, 4) is 0 Å². The molecule has 0 radical (unpaired) electrons. The normalized spacial score (nSPS) is 15.2. The monoisotopic (exact) mass is 259 g/mol. The van der Waals surface area contributed by atoms with Crippen LogP contribution in [-0.2, 0) is 11.3 Å². The Kier molecular flexibility index (Phi) is 3.42. The number of hydrogen-bond acceptors (Lipinski definition) is 3. The Morgan fingerprint density at radius 2 is 2.26 bits per heavy atom. The smallest absolute Gasteiger partial charge is 0.201 e. The van der Waals surface area contributed by atoms with Crippen molar-refractivity contribution in [2.75, 3.05) is 18.9 Å². The van der Waals surface area contributed by atoms with Crippen LogP contribution in [0.25, 0.3) is 11.0 Å². The largest absolute Gasteiger partial charge is 0.381 e. The molecule has 1 aliphatic rings. The highest BCUT2D eigenvalue weighted by Gasteiger charge is 2.20. The molecule has 0 unspecified atom stereocenters. The average molecular weight is 259 g/mol. The zero-order valence-corrected chi connectivity index (χ0v) is 11.4. The molecule has 1 fully saturated rings. The fourth-order valence-electron chi connectivity index (χ4n) is 2.35. The number of nitrogens with zero attached hydrogens (tertiary/aromatic N) is 2. The number of imidazole rings is 1. The molecule has 0 saturated heterocycles. The van der Waals surface area contributed by atoms with E-state index in [1.54, 1.807) is 0 Å². The summed E-state index contributed by atoms with van der Waals surface area (Å²) in [6, 6.07) is 6.24. The van der Waals surface area contributed by atoms with Crippen molar-refractivity contribution in [1.82, 2.24) is 9.55 Å². The van der Waals surface area contributed by atoms with E-state index < -0.39 is 0 Å². The SMILES string of the molecule is Cc1ccc2nc(N)n(CCCOCC3CC3)c2c1. The number of nitrogens with two attached hydrogens (primary N) is 1. The molecule has 1 saturated carbocycles. The van der Waals surface area contributed by atoms with Gasteiger partial charge >= 0.3 is 0 Å². The Morgan fingerprint density at radius 3 is 3.05 bits per heavy atom. The van der Waals surface area contributed by atoms with E-state index in [-0.39, 0.29) is 0 Å².